The van der Waals surface area contributed by atoms with Crippen molar-refractivity contribution in [3.05, 3.63) is 35.4 Å². The number of nitrogens with one attached hydrogen (secondary N) is 1. The van der Waals surface area contributed by atoms with Crippen LogP contribution in [0.2, 0.25) is 0 Å². The summed E-state index contributed by atoms with van der Waals surface area (Å²) in [7, 11) is 0. The second-order valence-corrected chi connectivity index (χ2v) is 7.39. The van der Waals surface area contributed by atoms with Gasteiger partial charge in [0.1, 0.15) is 11.6 Å². The number of hydrogen-bond donors (Lipinski definition) is 1. The summed E-state index contributed by atoms with van der Waals surface area (Å²) < 4.78 is 5.44. The van der Waals surface area contributed by atoms with Crippen LogP contribution < -0.4 is 5.32 Å². The van der Waals surface area contributed by atoms with Gasteiger partial charge in [-0.1, -0.05) is 29.8 Å². The molecule has 2 rings (SSSR count). The van der Waals surface area contributed by atoms with E-state index >= 15 is 0 Å². The van der Waals surface area contributed by atoms with Crippen molar-refractivity contribution in [1.82, 2.24) is 10.2 Å². The number of hydrogen-bond acceptors (Lipinski definition) is 3. The van der Waals surface area contributed by atoms with Crippen molar-refractivity contribution in [3.8, 4) is 0 Å². The van der Waals surface area contributed by atoms with E-state index in [1.54, 1.807) is 4.90 Å². The highest BCUT2D eigenvalue weighted by Gasteiger charge is 2.34. The second kappa shape index (κ2) is 7.69. The van der Waals surface area contributed by atoms with E-state index in [0.29, 0.717) is 19.5 Å². The zero-order chi connectivity index (χ0) is 17.7. The normalized spacial score (nSPS) is 18.2. The molecule has 1 fully saturated rings. The van der Waals surface area contributed by atoms with E-state index in [9.17, 15) is 9.59 Å². The third kappa shape index (κ3) is 5.25. The number of carbonyl (C=O) groups excluding carboxylic acids is 2. The van der Waals surface area contributed by atoms with Gasteiger partial charge >= 0.3 is 6.09 Å². The highest BCUT2D eigenvalue weighted by atomic mass is 16.6. The predicted octanol–water partition coefficient (Wildman–Crippen LogP) is 3.40. The molecule has 132 valence electrons. The lowest BCUT2D eigenvalue weighted by Crippen LogP contribution is -2.52. The first-order valence-electron chi connectivity index (χ1n) is 8.59. The van der Waals surface area contributed by atoms with Gasteiger partial charge in [0.2, 0.25) is 5.91 Å². The summed E-state index contributed by atoms with van der Waals surface area (Å²) in [4.78, 5) is 26.5. The second-order valence-electron chi connectivity index (χ2n) is 7.39. The maximum atomic E-state index is 12.6. The number of piperidine rings is 1. The molecular formula is C19H28N2O3. The standard InChI is InChI=1S/C19H28N2O3/c1-14-8-10-15(11-9-14)13-20-17(22)16-7-5-6-12-21(16)18(23)24-19(2,3)4/h8-11,16H,5-7,12-13H2,1-4H3,(H,20,22). The summed E-state index contributed by atoms with van der Waals surface area (Å²) in [6, 6.07) is 7.60. The fourth-order valence-electron chi connectivity index (χ4n) is 2.76. The minimum Gasteiger partial charge on any atom is -0.444 e. The van der Waals surface area contributed by atoms with Crippen molar-refractivity contribution >= 4 is 12.0 Å². The van der Waals surface area contributed by atoms with Crippen LogP contribution in [0.1, 0.15) is 51.2 Å². The lowest BCUT2D eigenvalue weighted by atomic mass is 10.0. The van der Waals surface area contributed by atoms with E-state index in [4.69, 9.17) is 4.74 Å². The summed E-state index contributed by atoms with van der Waals surface area (Å²) in [6.07, 6.45) is 2.12. The van der Waals surface area contributed by atoms with Crippen LogP contribution in [0.4, 0.5) is 4.79 Å². The highest BCUT2D eigenvalue weighted by molar-refractivity contribution is 5.85. The molecule has 2 amide bonds. The zero-order valence-electron chi connectivity index (χ0n) is 15.1. The molecule has 1 aromatic carbocycles. The lowest BCUT2D eigenvalue weighted by Gasteiger charge is -2.35. The molecule has 0 spiro atoms. The van der Waals surface area contributed by atoms with E-state index < -0.39 is 17.7 Å². The lowest BCUT2D eigenvalue weighted by molar-refractivity contribution is -0.127. The van der Waals surface area contributed by atoms with E-state index in [2.05, 4.69) is 5.32 Å². The minimum absolute atomic E-state index is 0.110. The van der Waals surface area contributed by atoms with Gasteiger partial charge < -0.3 is 10.1 Å². The molecule has 1 N–H and O–H groups in total. The molecule has 1 aliphatic heterocycles. The molecule has 0 aromatic heterocycles. The van der Waals surface area contributed by atoms with Gasteiger partial charge in [0.25, 0.3) is 0 Å². The minimum atomic E-state index is -0.558. The average Bonchev–Trinajstić information content (AvgIpc) is 2.52. The van der Waals surface area contributed by atoms with E-state index in [-0.39, 0.29) is 5.91 Å². The topological polar surface area (TPSA) is 58.6 Å². The monoisotopic (exact) mass is 332 g/mol. The van der Waals surface area contributed by atoms with Gasteiger partial charge in [-0.05, 0) is 52.5 Å². The van der Waals surface area contributed by atoms with Crippen LogP contribution in [0.25, 0.3) is 0 Å². The number of carbonyl (C=O) groups is 2. The van der Waals surface area contributed by atoms with Crippen molar-refractivity contribution in [2.75, 3.05) is 6.54 Å². The first kappa shape index (κ1) is 18.3. The molecule has 1 heterocycles. The van der Waals surface area contributed by atoms with Crippen molar-refractivity contribution in [2.45, 2.75) is 65.1 Å². The van der Waals surface area contributed by atoms with E-state index in [1.165, 1.54) is 5.56 Å². The van der Waals surface area contributed by atoms with E-state index in [0.717, 1.165) is 18.4 Å². The smallest absolute Gasteiger partial charge is 0.410 e. The van der Waals surface area contributed by atoms with Crippen LogP contribution in [0.3, 0.4) is 0 Å². The van der Waals surface area contributed by atoms with Crippen LogP contribution in [-0.4, -0.2) is 35.1 Å². The van der Waals surface area contributed by atoms with Gasteiger partial charge in [-0.15, -0.1) is 0 Å². The fourth-order valence-corrected chi connectivity index (χ4v) is 2.76. The molecule has 1 saturated heterocycles. The number of likely N-dealkylation sites (tertiary alicyclic amines) is 1. The first-order valence-corrected chi connectivity index (χ1v) is 8.59. The molecule has 1 atom stereocenters. The van der Waals surface area contributed by atoms with Crippen LogP contribution in [0, 0.1) is 6.92 Å². The van der Waals surface area contributed by atoms with Gasteiger partial charge in [0, 0.05) is 13.1 Å². The third-order valence-corrected chi connectivity index (χ3v) is 4.02. The maximum absolute atomic E-state index is 12.6. The van der Waals surface area contributed by atoms with Crippen molar-refractivity contribution in [1.29, 1.82) is 0 Å². The number of amides is 2. The van der Waals surface area contributed by atoms with Crippen molar-refractivity contribution in [3.63, 3.8) is 0 Å². The van der Waals surface area contributed by atoms with Crippen LogP contribution >= 0.6 is 0 Å². The molecule has 24 heavy (non-hydrogen) atoms. The molecule has 1 aliphatic rings. The summed E-state index contributed by atoms with van der Waals surface area (Å²) in [5.41, 5.74) is 1.68. The molecule has 0 bridgehead atoms. The molecule has 1 unspecified atom stereocenters. The van der Waals surface area contributed by atoms with Crippen LogP contribution in [0.15, 0.2) is 24.3 Å². The Morgan fingerprint density at radius 2 is 1.88 bits per heavy atom. The maximum Gasteiger partial charge on any atom is 0.410 e. The number of benzene rings is 1. The fraction of sp³-hybridized carbons (Fsp3) is 0.579. The molecular weight excluding hydrogens is 304 g/mol. The molecule has 0 saturated carbocycles. The number of ether oxygens (including phenoxy) is 1. The molecule has 5 heteroatoms. The Morgan fingerprint density at radius 3 is 2.50 bits per heavy atom. The summed E-state index contributed by atoms with van der Waals surface area (Å²) >= 11 is 0. The summed E-state index contributed by atoms with van der Waals surface area (Å²) in [5.74, 6) is -0.110. The number of aryl methyl sites for hydroxylation is 1. The predicted molar refractivity (Wildman–Crippen MR) is 93.6 cm³/mol. The number of rotatable bonds is 3. The van der Waals surface area contributed by atoms with Gasteiger partial charge in [-0.25, -0.2) is 4.79 Å². The SMILES string of the molecule is Cc1ccc(CNC(=O)C2CCCCN2C(=O)OC(C)(C)C)cc1. The summed E-state index contributed by atoms with van der Waals surface area (Å²) in [5, 5.41) is 2.95. The van der Waals surface area contributed by atoms with Gasteiger partial charge in [0.05, 0.1) is 0 Å². The molecule has 0 aliphatic carbocycles. The Morgan fingerprint density at radius 1 is 1.21 bits per heavy atom. The Balaban J connectivity index is 1.97. The zero-order valence-corrected chi connectivity index (χ0v) is 15.1. The molecule has 0 radical (unpaired) electrons. The van der Waals surface area contributed by atoms with Crippen LogP contribution in [0.5, 0.6) is 0 Å². The molecule has 1 aromatic rings. The van der Waals surface area contributed by atoms with Crippen molar-refractivity contribution < 1.29 is 14.3 Å². The van der Waals surface area contributed by atoms with E-state index in [1.807, 2.05) is 52.0 Å². The third-order valence-electron chi connectivity index (χ3n) is 4.02. The highest BCUT2D eigenvalue weighted by Crippen LogP contribution is 2.20. The Labute approximate surface area is 144 Å². The Bertz CT molecular complexity index is 575. The van der Waals surface area contributed by atoms with Gasteiger partial charge in [-0.3, -0.25) is 9.69 Å². The van der Waals surface area contributed by atoms with Crippen LogP contribution in [-0.2, 0) is 16.1 Å². The summed E-state index contributed by atoms with van der Waals surface area (Å²) in [6.45, 7) is 8.57. The average molecular weight is 332 g/mol. The quantitative estimate of drug-likeness (QED) is 0.923. The Hall–Kier alpha value is -2.04. The first-order chi connectivity index (χ1) is 11.3. The van der Waals surface area contributed by atoms with Gasteiger partial charge in [0.15, 0.2) is 0 Å². The molecule has 5 nitrogen and oxygen atoms in total. The van der Waals surface area contributed by atoms with Crippen molar-refractivity contribution in [2.24, 2.45) is 0 Å². The largest absolute Gasteiger partial charge is 0.444 e. The Kier molecular flexibility index (Phi) is 5.86. The number of nitrogens with zero attached hydrogens (tertiary/aromatic N) is 1. The van der Waals surface area contributed by atoms with Gasteiger partial charge in [-0.2, -0.15) is 0 Å².